The van der Waals surface area contributed by atoms with Crippen molar-refractivity contribution in [1.29, 1.82) is 0 Å². The van der Waals surface area contributed by atoms with Crippen molar-refractivity contribution in [1.82, 2.24) is 14.6 Å². The SMILES string of the molecule is COc1ccccc1/C=C/C=c1\sc2nc(/C=C/c3ccc(F)cc3)nn2c1=O. The van der Waals surface area contributed by atoms with Gasteiger partial charge in [-0.3, -0.25) is 4.79 Å². The average molecular weight is 405 g/mol. The zero-order chi connectivity index (χ0) is 20.2. The molecule has 0 aliphatic carbocycles. The first-order valence-corrected chi connectivity index (χ1v) is 9.60. The fraction of sp³-hybridized carbons (Fsp3) is 0.0455. The van der Waals surface area contributed by atoms with Crippen LogP contribution in [0.4, 0.5) is 4.39 Å². The van der Waals surface area contributed by atoms with Gasteiger partial charge in [-0.1, -0.05) is 59.9 Å². The maximum Gasteiger partial charge on any atom is 0.291 e. The molecule has 144 valence electrons. The summed E-state index contributed by atoms with van der Waals surface area (Å²) in [5.41, 5.74) is 1.53. The molecule has 2 heterocycles. The van der Waals surface area contributed by atoms with Gasteiger partial charge in [-0.05, 0) is 35.9 Å². The van der Waals surface area contributed by atoms with E-state index in [9.17, 15) is 9.18 Å². The van der Waals surface area contributed by atoms with Crippen LogP contribution in [-0.2, 0) is 0 Å². The highest BCUT2D eigenvalue weighted by molar-refractivity contribution is 7.15. The van der Waals surface area contributed by atoms with Crippen LogP contribution in [0.1, 0.15) is 17.0 Å². The number of hydrogen-bond donors (Lipinski definition) is 0. The van der Waals surface area contributed by atoms with E-state index in [-0.39, 0.29) is 11.4 Å². The Morgan fingerprint density at radius 1 is 1.07 bits per heavy atom. The highest BCUT2D eigenvalue weighted by Gasteiger charge is 2.08. The molecule has 0 atom stereocenters. The third-order valence-electron chi connectivity index (χ3n) is 4.16. The monoisotopic (exact) mass is 405 g/mol. The van der Waals surface area contributed by atoms with E-state index in [2.05, 4.69) is 10.1 Å². The molecule has 0 fully saturated rings. The van der Waals surface area contributed by atoms with Crippen LogP contribution in [0.3, 0.4) is 0 Å². The fourth-order valence-electron chi connectivity index (χ4n) is 2.72. The van der Waals surface area contributed by atoms with E-state index in [4.69, 9.17) is 4.74 Å². The van der Waals surface area contributed by atoms with Crippen LogP contribution in [0.2, 0.25) is 0 Å². The van der Waals surface area contributed by atoms with Crippen LogP contribution in [0.5, 0.6) is 5.75 Å². The van der Waals surface area contributed by atoms with Crippen LogP contribution < -0.4 is 14.8 Å². The van der Waals surface area contributed by atoms with Crippen molar-refractivity contribution in [3.8, 4) is 5.75 Å². The highest BCUT2D eigenvalue weighted by Crippen LogP contribution is 2.18. The third-order valence-corrected chi connectivity index (χ3v) is 5.13. The lowest BCUT2D eigenvalue weighted by atomic mass is 10.2. The standard InChI is InChI=1S/C22H16FN3O2S/c1-28-18-7-3-2-5-16(18)6-4-8-19-21(27)26-22(29-19)24-20(25-26)14-11-15-9-12-17(23)13-10-15/h2-14H,1H3/b6-4+,14-11+,19-8-. The van der Waals surface area contributed by atoms with Crippen LogP contribution in [0.15, 0.2) is 59.4 Å². The molecular formula is C22H16FN3O2S. The molecule has 0 saturated heterocycles. The summed E-state index contributed by atoms with van der Waals surface area (Å²) in [4.78, 5) is 17.4. The number of halogens is 1. The molecule has 2 aromatic carbocycles. The van der Waals surface area contributed by atoms with E-state index in [0.29, 0.717) is 15.3 Å². The molecule has 0 N–H and O–H groups in total. The number of fused-ring (bicyclic) bond motifs is 1. The number of para-hydroxylation sites is 1. The van der Waals surface area contributed by atoms with Gasteiger partial charge >= 0.3 is 0 Å². The van der Waals surface area contributed by atoms with E-state index in [0.717, 1.165) is 16.9 Å². The van der Waals surface area contributed by atoms with Crippen LogP contribution in [-0.4, -0.2) is 21.7 Å². The number of nitrogens with zero attached hydrogens (tertiary/aromatic N) is 3. The Morgan fingerprint density at radius 2 is 1.86 bits per heavy atom. The molecule has 0 amide bonds. The predicted octanol–water partition coefficient (Wildman–Crippen LogP) is 3.68. The summed E-state index contributed by atoms with van der Waals surface area (Å²) in [6, 6.07) is 13.7. The Labute approximate surface area is 169 Å². The lowest BCUT2D eigenvalue weighted by Gasteiger charge is -2.02. The predicted molar refractivity (Wildman–Crippen MR) is 114 cm³/mol. The summed E-state index contributed by atoms with van der Waals surface area (Å²) < 4.78 is 20.1. The molecule has 7 heteroatoms. The van der Waals surface area contributed by atoms with Crippen LogP contribution in [0, 0.1) is 5.82 Å². The zero-order valence-corrected chi connectivity index (χ0v) is 16.3. The van der Waals surface area contributed by atoms with Crippen molar-refractivity contribution >= 4 is 40.6 Å². The smallest absolute Gasteiger partial charge is 0.291 e. The molecule has 29 heavy (non-hydrogen) atoms. The van der Waals surface area contributed by atoms with E-state index >= 15 is 0 Å². The minimum Gasteiger partial charge on any atom is -0.496 e. The summed E-state index contributed by atoms with van der Waals surface area (Å²) in [6.45, 7) is 0. The van der Waals surface area contributed by atoms with Gasteiger partial charge in [-0.15, -0.1) is 5.10 Å². The fourth-order valence-corrected chi connectivity index (χ4v) is 3.59. The summed E-state index contributed by atoms with van der Waals surface area (Å²) in [6.07, 6.45) is 8.89. The van der Waals surface area contributed by atoms with Crippen molar-refractivity contribution in [3.63, 3.8) is 0 Å². The number of hydrogen-bond acceptors (Lipinski definition) is 5. The first-order valence-electron chi connectivity index (χ1n) is 8.79. The summed E-state index contributed by atoms with van der Waals surface area (Å²) >= 11 is 1.27. The second-order valence-corrected chi connectivity index (χ2v) is 7.10. The Kier molecular flexibility index (Phi) is 5.31. The summed E-state index contributed by atoms with van der Waals surface area (Å²) in [5.74, 6) is 0.899. The molecule has 0 radical (unpaired) electrons. The van der Waals surface area contributed by atoms with Crippen LogP contribution in [0.25, 0.3) is 29.3 Å². The lowest BCUT2D eigenvalue weighted by Crippen LogP contribution is -2.23. The second-order valence-electron chi connectivity index (χ2n) is 6.09. The Hall–Kier alpha value is -3.58. The number of benzene rings is 2. The number of thiazole rings is 1. The topological polar surface area (TPSA) is 56.5 Å². The Morgan fingerprint density at radius 3 is 2.62 bits per heavy atom. The average Bonchev–Trinajstić information content (AvgIpc) is 3.27. The molecule has 4 rings (SSSR count). The van der Waals surface area contributed by atoms with E-state index < -0.39 is 0 Å². The second kappa shape index (κ2) is 8.20. The zero-order valence-electron chi connectivity index (χ0n) is 15.4. The molecule has 0 aliphatic heterocycles. The van der Waals surface area contributed by atoms with Crippen molar-refractivity contribution in [2.75, 3.05) is 7.11 Å². The minimum absolute atomic E-state index is 0.219. The van der Waals surface area contributed by atoms with Gasteiger partial charge in [0.25, 0.3) is 5.56 Å². The van der Waals surface area contributed by atoms with Gasteiger partial charge in [-0.2, -0.15) is 9.50 Å². The maximum atomic E-state index is 13.0. The van der Waals surface area contributed by atoms with Crippen molar-refractivity contribution in [3.05, 3.63) is 92.3 Å². The number of methoxy groups -OCH3 is 1. The van der Waals surface area contributed by atoms with Crippen molar-refractivity contribution < 1.29 is 9.13 Å². The minimum atomic E-state index is -0.290. The van der Waals surface area contributed by atoms with Gasteiger partial charge in [0.15, 0.2) is 5.82 Å². The number of aromatic nitrogens is 3. The van der Waals surface area contributed by atoms with Crippen molar-refractivity contribution in [2.45, 2.75) is 0 Å². The van der Waals surface area contributed by atoms with Crippen LogP contribution >= 0.6 is 11.3 Å². The van der Waals surface area contributed by atoms with Gasteiger partial charge in [0, 0.05) is 5.56 Å². The number of rotatable bonds is 5. The molecule has 0 bridgehead atoms. The molecule has 0 unspecified atom stereocenters. The molecular weight excluding hydrogens is 389 g/mol. The number of ether oxygens (including phenoxy) is 1. The molecule has 5 nitrogen and oxygen atoms in total. The van der Waals surface area contributed by atoms with E-state index in [1.165, 1.54) is 28.0 Å². The highest BCUT2D eigenvalue weighted by atomic mass is 32.1. The summed E-state index contributed by atoms with van der Waals surface area (Å²) in [7, 11) is 1.62. The lowest BCUT2D eigenvalue weighted by molar-refractivity contribution is 0.414. The quantitative estimate of drug-likeness (QED) is 0.508. The van der Waals surface area contributed by atoms with Crippen molar-refractivity contribution in [2.24, 2.45) is 0 Å². The molecule has 4 aromatic rings. The summed E-state index contributed by atoms with van der Waals surface area (Å²) in [5, 5.41) is 4.24. The van der Waals surface area contributed by atoms with E-state index in [1.54, 1.807) is 43.5 Å². The third kappa shape index (κ3) is 4.14. The normalized spacial score (nSPS) is 12.6. The Bertz CT molecular complexity index is 1320. The first-order chi connectivity index (χ1) is 14.1. The van der Waals surface area contributed by atoms with E-state index in [1.807, 2.05) is 30.3 Å². The van der Waals surface area contributed by atoms with Gasteiger partial charge in [0.2, 0.25) is 4.96 Å². The molecule has 0 saturated carbocycles. The molecule has 0 spiro atoms. The largest absolute Gasteiger partial charge is 0.496 e. The molecule has 0 aliphatic rings. The van der Waals surface area contributed by atoms with Gasteiger partial charge in [0.05, 0.1) is 11.6 Å². The Balaban J connectivity index is 1.58. The molecule has 2 aromatic heterocycles. The maximum absolute atomic E-state index is 13.0. The van der Waals surface area contributed by atoms with Gasteiger partial charge < -0.3 is 4.74 Å². The first kappa shape index (κ1) is 18.8. The van der Waals surface area contributed by atoms with Gasteiger partial charge in [-0.25, -0.2) is 4.39 Å². The number of allylic oxidation sites excluding steroid dienone is 1. The van der Waals surface area contributed by atoms with Gasteiger partial charge in [0.1, 0.15) is 11.6 Å².